The summed E-state index contributed by atoms with van der Waals surface area (Å²) >= 11 is 0. The Labute approximate surface area is 106 Å². The summed E-state index contributed by atoms with van der Waals surface area (Å²) in [6.07, 6.45) is -0.253. The van der Waals surface area contributed by atoms with Crippen molar-refractivity contribution < 1.29 is 9.84 Å². The molecule has 0 saturated carbocycles. The van der Waals surface area contributed by atoms with Gasteiger partial charge in [-0.25, -0.2) is 0 Å². The number of para-hydroxylation sites is 1. The van der Waals surface area contributed by atoms with Crippen molar-refractivity contribution in [2.24, 2.45) is 5.73 Å². The molecule has 0 aliphatic carbocycles. The van der Waals surface area contributed by atoms with Gasteiger partial charge < -0.3 is 9.84 Å². The number of hydrogen-bond donors (Lipinski definition) is 2. The fraction of sp³-hybridized carbons (Fsp3) is 0.200. The van der Waals surface area contributed by atoms with E-state index >= 15 is 0 Å². The van der Waals surface area contributed by atoms with Gasteiger partial charge in [0.2, 0.25) is 5.72 Å². The van der Waals surface area contributed by atoms with E-state index in [-0.39, 0.29) is 0 Å². The lowest BCUT2D eigenvalue weighted by Gasteiger charge is -2.39. The monoisotopic (exact) mass is 241 g/mol. The van der Waals surface area contributed by atoms with Crippen molar-refractivity contribution in [3.05, 3.63) is 65.7 Å². The predicted octanol–water partition coefficient (Wildman–Crippen LogP) is 1.79. The number of benzene rings is 2. The minimum Gasteiger partial charge on any atom is -0.466 e. The first-order valence-corrected chi connectivity index (χ1v) is 5.99. The maximum Gasteiger partial charge on any atom is 0.211 e. The molecule has 18 heavy (non-hydrogen) atoms. The number of ether oxygens (including phenoxy) is 1. The van der Waals surface area contributed by atoms with Crippen LogP contribution in [0.5, 0.6) is 5.75 Å². The van der Waals surface area contributed by atoms with Crippen LogP contribution in [-0.2, 0) is 12.1 Å². The molecule has 2 atom stereocenters. The summed E-state index contributed by atoms with van der Waals surface area (Å²) in [5.41, 5.74) is 6.87. The average Bonchev–Trinajstić information content (AvgIpc) is 2.41. The van der Waals surface area contributed by atoms with E-state index in [4.69, 9.17) is 10.5 Å². The molecule has 2 unspecified atom stereocenters. The highest BCUT2D eigenvalue weighted by Crippen LogP contribution is 2.36. The van der Waals surface area contributed by atoms with Crippen molar-refractivity contribution in [1.82, 2.24) is 0 Å². The van der Waals surface area contributed by atoms with Crippen LogP contribution in [0.15, 0.2) is 54.6 Å². The highest BCUT2D eigenvalue weighted by atomic mass is 16.5. The van der Waals surface area contributed by atoms with E-state index in [1.807, 2.05) is 54.6 Å². The normalized spacial score (nSPS) is 26.2. The Morgan fingerprint density at radius 1 is 1.06 bits per heavy atom. The number of rotatable bonds is 1. The van der Waals surface area contributed by atoms with Gasteiger partial charge in [-0.1, -0.05) is 48.5 Å². The van der Waals surface area contributed by atoms with Gasteiger partial charge >= 0.3 is 0 Å². The summed E-state index contributed by atoms with van der Waals surface area (Å²) < 4.78 is 5.85. The molecular weight excluding hydrogens is 226 g/mol. The quantitative estimate of drug-likeness (QED) is 0.800. The van der Waals surface area contributed by atoms with Crippen LogP contribution in [0.1, 0.15) is 11.1 Å². The first kappa shape index (κ1) is 11.3. The summed E-state index contributed by atoms with van der Waals surface area (Å²) in [5.74, 6) is 0.745. The SMILES string of the molecule is NC1(c2ccccc2)Oc2ccccc2CC1O. The molecule has 92 valence electrons. The third-order valence-electron chi connectivity index (χ3n) is 3.38. The van der Waals surface area contributed by atoms with Crippen molar-refractivity contribution in [3.8, 4) is 5.75 Å². The van der Waals surface area contributed by atoms with Gasteiger partial charge in [0.1, 0.15) is 11.9 Å². The molecule has 0 aromatic heterocycles. The first-order chi connectivity index (χ1) is 8.70. The first-order valence-electron chi connectivity index (χ1n) is 5.99. The molecule has 2 aromatic carbocycles. The lowest BCUT2D eigenvalue weighted by Crippen LogP contribution is -2.55. The van der Waals surface area contributed by atoms with Crippen LogP contribution in [0, 0.1) is 0 Å². The van der Waals surface area contributed by atoms with Crippen molar-refractivity contribution in [1.29, 1.82) is 0 Å². The fourth-order valence-corrected chi connectivity index (χ4v) is 2.33. The summed E-state index contributed by atoms with van der Waals surface area (Å²) in [4.78, 5) is 0. The van der Waals surface area contributed by atoms with Crippen molar-refractivity contribution in [2.45, 2.75) is 18.2 Å². The van der Waals surface area contributed by atoms with E-state index in [0.717, 1.165) is 16.9 Å². The Kier molecular flexibility index (Phi) is 2.58. The largest absolute Gasteiger partial charge is 0.466 e. The van der Waals surface area contributed by atoms with E-state index in [0.29, 0.717) is 6.42 Å². The van der Waals surface area contributed by atoms with Gasteiger partial charge in [-0.15, -0.1) is 0 Å². The number of aliphatic hydroxyl groups excluding tert-OH is 1. The smallest absolute Gasteiger partial charge is 0.211 e. The third kappa shape index (κ3) is 1.68. The number of hydrogen-bond acceptors (Lipinski definition) is 3. The van der Waals surface area contributed by atoms with Gasteiger partial charge in [0.15, 0.2) is 0 Å². The van der Waals surface area contributed by atoms with Crippen LogP contribution < -0.4 is 10.5 Å². The minimum absolute atomic E-state index is 0.502. The minimum atomic E-state index is -1.17. The van der Waals surface area contributed by atoms with Crippen LogP contribution in [0.4, 0.5) is 0 Å². The van der Waals surface area contributed by atoms with Gasteiger partial charge in [0.25, 0.3) is 0 Å². The summed E-state index contributed by atoms with van der Waals surface area (Å²) in [6.45, 7) is 0. The van der Waals surface area contributed by atoms with Gasteiger partial charge in [-0.05, 0) is 11.6 Å². The molecule has 0 spiro atoms. The Bertz CT molecular complexity index is 555. The molecule has 0 bridgehead atoms. The fourth-order valence-electron chi connectivity index (χ4n) is 2.33. The molecule has 3 rings (SSSR count). The second-order valence-corrected chi connectivity index (χ2v) is 4.59. The van der Waals surface area contributed by atoms with Crippen molar-refractivity contribution in [2.75, 3.05) is 0 Å². The highest BCUT2D eigenvalue weighted by Gasteiger charge is 2.42. The van der Waals surface area contributed by atoms with Crippen LogP contribution in [0.25, 0.3) is 0 Å². The van der Waals surface area contributed by atoms with Crippen LogP contribution in [-0.4, -0.2) is 11.2 Å². The zero-order valence-electron chi connectivity index (χ0n) is 9.91. The molecule has 0 amide bonds. The third-order valence-corrected chi connectivity index (χ3v) is 3.38. The summed E-state index contributed by atoms with van der Waals surface area (Å²) in [6, 6.07) is 17.1. The van der Waals surface area contributed by atoms with E-state index in [1.165, 1.54) is 0 Å². The molecule has 1 aliphatic heterocycles. The predicted molar refractivity (Wildman–Crippen MR) is 69.1 cm³/mol. The molecule has 0 fully saturated rings. The van der Waals surface area contributed by atoms with E-state index in [2.05, 4.69) is 0 Å². The summed E-state index contributed by atoms with van der Waals surface area (Å²) in [5, 5.41) is 10.3. The maximum absolute atomic E-state index is 10.3. The summed E-state index contributed by atoms with van der Waals surface area (Å²) in [7, 11) is 0. The van der Waals surface area contributed by atoms with Gasteiger partial charge in [-0.2, -0.15) is 0 Å². The standard InChI is InChI=1S/C15H15NO2/c16-15(12-7-2-1-3-8-12)14(17)10-11-6-4-5-9-13(11)18-15/h1-9,14,17H,10,16H2. The Hall–Kier alpha value is -1.84. The van der Waals surface area contributed by atoms with Crippen molar-refractivity contribution >= 4 is 0 Å². The molecule has 3 heteroatoms. The van der Waals surface area contributed by atoms with Gasteiger partial charge in [-0.3, -0.25) is 5.73 Å². The molecule has 3 nitrogen and oxygen atoms in total. The van der Waals surface area contributed by atoms with Crippen LogP contribution in [0.3, 0.4) is 0 Å². The Morgan fingerprint density at radius 3 is 2.50 bits per heavy atom. The molecule has 1 heterocycles. The topological polar surface area (TPSA) is 55.5 Å². The zero-order chi connectivity index (χ0) is 12.6. The lowest BCUT2D eigenvalue weighted by molar-refractivity contribution is -0.0682. The van der Waals surface area contributed by atoms with E-state index < -0.39 is 11.8 Å². The number of fused-ring (bicyclic) bond motifs is 1. The maximum atomic E-state index is 10.3. The second kappa shape index (κ2) is 4.12. The van der Waals surface area contributed by atoms with Gasteiger partial charge in [0.05, 0.1) is 0 Å². The Balaban J connectivity index is 2.05. The lowest BCUT2D eigenvalue weighted by atomic mass is 9.90. The molecular formula is C15H15NO2. The number of nitrogens with two attached hydrogens (primary N) is 1. The molecule has 1 aliphatic rings. The van der Waals surface area contributed by atoms with E-state index in [1.54, 1.807) is 0 Å². The zero-order valence-corrected chi connectivity index (χ0v) is 9.91. The van der Waals surface area contributed by atoms with Crippen LogP contribution in [0.2, 0.25) is 0 Å². The average molecular weight is 241 g/mol. The molecule has 0 radical (unpaired) electrons. The second-order valence-electron chi connectivity index (χ2n) is 4.59. The molecule has 0 saturated heterocycles. The Morgan fingerprint density at radius 2 is 1.72 bits per heavy atom. The highest BCUT2D eigenvalue weighted by molar-refractivity contribution is 5.39. The van der Waals surface area contributed by atoms with Crippen LogP contribution >= 0.6 is 0 Å². The molecule has 3 N–H and O–H groups in total. The van der Waals surface area contributed by atoms with Gasteiger partial charge in [0, 0.05) is 12.0 Å². The number of aliphatic hydroxyl groups is 1. The van der Waals surface area contributed by atoms with Crippen molar-refractivity contribution in [3.63, 3.8) is 0 Å². The van der Waals surface area contributed by atoms with E-state index in [9.17, 15) is 5.11 Å². The molecule has 2 aromatic rings.